The van der Waals surface area contributed by atoms with Gasteiger partial charge >= 0.3 is 5.97 Å². The Morgan fingerprint density at radius 3 is 2.60 bits per heavy atom. The molecule has 8 heteroatoms. The molecule has 1 unspecified atom stereocenters. The minimum absolute atomic E-state index is 0.202. The highest BCUT2D eigenvalue weighted by Gasteiger charge is 2.37. The highest BCUT2D eigenvalue weighted by Crippen LogP contribution is 2.28. The Labute approximate surface area is 118 Å². The largest absolute Gasteiger partial charge is 0.481 e. The Morgan fingerprint density at radius 1 is 1.35 bits per heavy atom. The van der Waals surface area contributed by atoms with Crippen LogP contribution in [-0.4, -0.2) is 31.8 Å². The summed E-state index contributed by atoms with van der Waals surface area (Å²) in [5, 5.41) is 19.1. The molecule has 1 atom stereocenters. The van der Waals surface area contributed by atoms with E-state index >= 15 is 0 Å². The van der Waals surface area contributed by atoms with E-state index in [9.17, 15) is 14.7 Å². The van der Waals surface area contributed by atoms with Crippen molar-refractivity contribution in [3.63, 3.8) is 0 Å². The molecule has 0 aliphatic carbocycles. The lowest BCUT2D eigenvalue weighted by Gasteiger charge is -2.24. The monoisotopic (exact) mass is 292 g/mol. The minimum Gasteiger partial charge on any atom is -0.481 e. The molecular weight excluding hydrogens is 280 g/mol. The fourth-order valence-electron chi connectivity index (χ4n) is 1.77. The van der Waals surface area contributed by atoms with E-state index in [1.807, 2.05) is 0 Å². The van der Waals surface area contributed by atoms with Crippen molar-refractivity contribution in [2.24, 2.45) is 0 Å². The van der Waals surface area contributed by atoms with Crippen LogP contribution in [0.15, 0.2) is 30.3 Å². The van der Waals surface area contributed by atoms with E-state index in [2.05, 4.69) is 20.1 Å². The Bertz CT molecular complexity index is 602. The standard InChI is InChI=1S/C12H12N4O3S/c1-12(10(18)19,8-5-3-2-4-6-8)7-9(17)13-11-14-15-16-20-11/h2-6H,7H2,1H3,(H,18,19)(H,13,14,16,17). The lowest BCUT2D eigenvalue weighted by atomic mass is 9.79. The summed E-state index contributed by atoms with van der Waals surface area (Å²) in [6, 6.07) is 8.65. The lowest BCUT2D eigenvalue weighted by Crippen LogP contribution is -2.36. The molecule has 0 aliphatic rings. The first-order valence-corrected chi connectivity index (χ1v) is 6.53. The van der Waals surface area contributed by atoms with E-state index in [1.165, 1.54) is 6.92 Å². The normalized spacial score (nSPS) is 13.4. The second-order valence-corrected chi connectivity index (χ2v) is 5.13. The molecule has 104 valence electrons. The molecule has 20 heavy (non-hydrogen) atoms. The number of rotatable bonds is 5. The summed E-state index contributed by atoms with van der Waals surface area (Å²) in [6.07, 6.45) is -0.202. The second-order valence-electron chi connectivity index (χ2n) is 4.40. The third-order valence-corrected chi connectivity index (χ3v) is 3.45. The van der Waals surface area contributed by atoms with E-state index in [4.69, 9.17) is 0 Å². The first-order valence-electron chi connectivity index (χ1n) is 5.76. The zero-order valence-corrected chi connectivity index (χ0v) is 11.4. The molecule has 0 aliphatic heterocycles. The number of benzene rings is 1. The molecule has 0 bridgehead atoms. The number of carboxylic acid groups (broad SMARTS) is 1. The van der Waals surface area contributed by atoms with Crippen LogP contribution in [0.25, 0.3) is 0 Å². The van der Waals surface area contributed by atoms with Crippen LogP contribution in [0.1, 0.15) is 18.9 Å². The maximum Gasteiger partial charge on any atom is 0.314 e. The van der Waals surface area contributed by atoms with Crippen molar-refractivity contribution < 1.29 is 14.7 Å². The van der Waals surface area contributed by atoms with Crippen LogP contribution in [0, 0.1) is 0 Å². The van der Waals surface area contributed by atoms with Gasteiger partial charge in [-0.25, -0.2) is 0 Å². The number of hydrogen-bond donors (Lipinski definition) is 2. The number of carbonyl (C=O) groups excluding carboxylic acids is 1. The summed E-state index contributed by atoms with van der Waals surface area (Å²) < 4.78 is 3.51. The zero-order chi connectivity index (χ0) is 14.6. The van der Waals surface area contributed by atoms with Gasteiger partial charge in [-0.05, 0) is 17.7 Å². The molecule has 2 N–H and O–H groups in total. The predicted octanol–water partition coefficient (Wildman–Crippen LogP) is 1.30. The highest BCUT2D eigenvalue weighted by atomic mass is 32.1. The van der Waals surface area contributed by atoms with Gasteiger partial charge in [-0.3, -0.25) is 14.9 Å². The Kier molecular flexibility index (Phi) is 4.04. The number of amides is 1. The number of aliphatic carboxylic acids is 1. The van der Waals surface area contributed by atoms with Crippen molar-refractivity contribution in [3.8, 4) is 0 Å². The van der Waals surface area contributed by atoms with E-state index in [0.717, 1.165) is 11.5 Å². The third kappa shape index (κ3) is 2.97. The first kappa shape index (κ1) is 14.1. The van der Waals surface area contributed by atoms with Gasteiger partial charge in [-0.15, -0.1) is 0 Å². The van der Waals surface area contributed by atoms with E-state index in [1.54, 1.807) is 30.3 Å². The number of nitrogens with zero attached hydrogens (tertiary/aromatic N) is 3. The van der Waals surface area contributed by atoms with Crippen LogP contribution in [0.2, 0.25) is 0 Å². The van der Waals surface area contributed by atoms with Gasteiger partial charge in [-0.1, -0.05) is 39.9 Å². The maximum atomic E-state index is 11.9. The average molecular weight is 292 g/mol. The topological polar surface area (TPSA) is 105 Å². The van der Waals surface area contributed by atoms with Crippen molar-refractivity contribution in [2.75, 3.05) is 5.32 Å². The molecular formula is C12H12N4O3S. The number of carbonyl (C=O) groups is 2. The molecule has 1 aromatic heterocycles. The summed E-state index contributed by atoms with van der Waals surface area (Å²) >= 11 is 0.930. The van der Waals surface area contributed by atoms with Crippen LogP contribution in [0.3, 0.4) is 0 Å². The van der Waals surface area contributed by atoms with Crippen LogP contribution in [0.4, 0.5) is 5.13 Å². The number of hydrogen-bond acceptors (Lipinski definition) is 6. The maximum absolute atomic E-state index is 11.9. The zero-order valence-electron chi connectivity index (χ0n) is 10.6. The van der Waals surface area contributed by atoms with Gasteiger partial charge in [0.25, 0.3) is 0 Å². The average Bonchev–Trinajstić information content (AvgIpc) is 2.92. The van der Waals surface area contributed by atoms with Gasteiger partial charge in [0.2, 0.25) is 11.0 Å². The van der Waals surface area contributed by atoms with Crippen molar-refractivity contribution >= 4 is 28.5 Å². The number of carboxylic acids is 1. The van der Waals surface area contributed by atoms with Gasteiger partial charge in [0.05, 0.1) is 5.41 Å². The minimum atomic E-state index is -1.30. The molecule has 0 saturated heterocycles. The van der Waals surface area contributed by atoms with Crippen LogP contribution in [-0.2, 0) is 15.0 Å². The Hall–Kier alpha value is -2.35. The van der Waals surface area contributed by atoms with Gasteiger partial charge < -0.3 is 5.11 Å². The number of nitrogens with one attached hydrogen (secondary N) is 1. The third-order valence-electron chi connectivity index (χ3n) is 2.94. The summed E-state index contributed by atoms with van der Waals surface area (Å²) in [4.78, 5) is 23.5. The van der Waals surface area contributed by atoms with Gasteiger partial charge in [-0.2, -0.15) is 0 Å². The molecule has 1 heterocycles. The molecule has 2 aromatic rings. The van der Waals surface area contributed by atoms with Crippen LogP contribution < -0.4 is 5.32 Å². The molecule has 0 fully saturated rings. The fraction of sp³-hybridized carbons (Fsp3) is 0.250. The van der Waals surface area contributed by atoms with Gasteiger partial charge in [0.15, 0.2) is 0 Å². The predicted molar refractivity (Wildman–Crippen MR) is 72.4 cm³/mol. The van der Waals surface area contributed by atoms with Crippen molar-refractivity contribution in [3.05, 3.63) is 35.9 Å². The quantitative estimate of drug-likeness (QED) is 0.860. The van der Waals surface area contributed by atoms with E-state index < -0.39 is 17.3 Å². The molecule has 1 aromatic carbocycles. The van der Waals surface area contributed by atoms with E-state index in [-0.39, 0.29) is 11.6 Å². The molecule has 0 saturated carbocycles. The Morgan fingerprint density at radius 2 is 2.05 bits per heavy atom. The fourth-order valence-corrected chi connectivity index (χ4v) is 2.16. The molecule has 0 spiro atoms. The number of anilines is 1. The Balaban J connectivity index is 2.18. The lowest BCUT2D eigenvalue weighted by molar-refractivity contribution is -0.145. The second kappa shape index (κ2) is 5.74. The van der Waals surface area contributed by atoms with Crippen molar-refractivity contribution in [1.29, 1.82) is 0 Å². The molecule has 7 nitrogen and oxygen atoms in total. The number of aromatic nitrogens is 3. The van der Waals surface area contributed by atoms with E-state index in [0.29, 0.717) is 5.56 Å². The van der Waals surface area contributed by atoms with Crippen molar-refractivity contribution in [1.82, 2.24) is 14.8 Å². The van der Waals surface area contributed by atoms with Gasteiger partial charge in [0.1, 0.15) is 0 Å². The van der Waals surface area contributed by atoms with Crippen LogP contribution in [0.5, 0.6) is 0 Å². The molecule has 2 rings (SSSR count). The summed E-state index contributed by atoms with van der Waals surface area (Å²) in [5.74, 6) is -1.51. The van der Waals surface area contributed by atoms with Gasteiger partial charge in [0, 0.05) is 18.0 Å². The van der Waals surface area contributed by atoms with Crippen LogP contribution >= 0.6 is 11.5 Å². The summed E-state index contributed by atoms with van der Waals surface area (Å²) in [6.45, 7) is 1.52. The highest BCUT2D eigenvalue weighted by molar-refractivity contribution is 7.09. The smallest absolute Gasteiger partial charge is 0.314 e. The summed E-state index contributed by atoms with van der Waals surface area (Å²) in [7, 11) is 0. The molecule has 0 radical (unpaired) electrons. The molecule has 1 amide bonds. The van der Waals surface area contributed by atoms with Crippen molar-refractivity contribution in [2.45, 2.75) is 18.8 Å². The SMILES string of the molecule is CC(CC(=O)Nc1nnns1)(C(=O)O)c1ccccc1. The summed E-state index contributed by atoms with van der Waals surface area (Å²) in [5.41, 5.74) is -0.734. The first-order chi connectivity index (χ1) is 9.52.